The minimum Gasteiger partial charge on any atom is -0.444 e. The van der Waals surface area contributed by atoms with Crippen LogP contribution in [0.1, 0.15) is 57.7 Å². The van der Waals surface area contributed by atoms with Gasteiger partial charge in [0.15, 0.2) is 0 Å². The van der Waals surface area contributed by atoms with Gasteiger partial charge in [0, 0.05) is 28.6 Å². The minimum atomic E-state index is -0.479. The number of nitrogens with zero attached hydrogens (tertiary/aromatic N) is 2. The Bertz CT molecular complexity index is 922. The first-order valence-electron chi connectivity index (χ1n) is 10.7. The Morgan fingerprint density at radius 3 is 2.83 bits per heavy atom. The van der Waals surface area contributed by atoms with Gasteiger partial charge in [-0.2, -0.15) is 0 Å². The van der Waals surface area contributed by atoms with Gasteiger partial charge < -0.3 is 15.0 Å². The van der Waals surface area contributed by atoms with Crippen molar-refractivity contribution in [2.45, 2.75) is 70.9 Å². The Kier molecular flexibility index (Phi) is 5.74. The van der Waals surface area contributed by atoms with Crippen LogP contribution >= 0.6 is 15.9 Å². The van der Waals surface area contributed by atoms with Crippen LogP contribution in [0, 0.1) is 0 Å². The topological polar surface area (TPSA) is 54.5 Å². The number of carbonyl (C=O) groups is 1. The molecule has 1 N–H and O–H groups in total. The van der Waals surface area contributed by atoms with Crippen LogP contribution in [0.3, 0.4) is 0 Å². The number of carbonyl (C=O) groups excluding carboxylic acids is 1. The second-order valence-electron chi connectivity index (χ2n) is 9.19. The summed E-state index contributed by atoms with van der Waals surface area (Å²) in [6, 6.07) is 6.47. The average Bonchev–Trinajstić information content (AvgIpc) is 2.94. The second-order valence-corrected chi connectivity index (χ2v) is 10.1. The lowest BCUT2D eigenvalue weighted by molar-refractivity contribution is 0.0509. The number of hydrogen-bond acceptors (Lipinski definition) is 4. The zero-order valence-electron chi connectivity index (χ0n) is 17.6. The fourth-order valence-corrected chi connectivity index (χ4v) is 4.83. The van der Waals surface area contributed by atoms with E-state index in [2.05, 4.69) is 44.3 Å². The van der Waals surface area contributed by atoms with E-state index in [9.17, 15) is 4.79 Å². The molecule has 1 atom stereocenters. The normalized spacial score (nSPS) is 19.7. The van der Waals surface area contributed by atoms with Gasteiger partial charge in [0.2, 0.25) is 0 Å². The molecule has 0 spiro atoms. The standard InChI is InChI=1S/C23H30BrN3O2/c1-23(2,3)29-22(28)25-16-11-12-27(14-16)21-17-7-5-4-6-8-19(17)26-20-10-9-15(24)13-18(20)21/h9-10,13,16H,4-8,11-12,14H2,1-3H3,(H,25,28). The van der Waals surface area contributed by atoms with Gasteiger partial charge in [-0.1, -0.05) is 22.4 Å². The van der Waals surface area contributed by atoms with Crippen LogP contribution in [-0.4, -0.2) is 35.8 Å². The SMILES string of the molecule is CC(C)(C)OC(=O)NC1CCN(c2c3c(nc4ccc(Br)cc24)CCCCC3)C1. The van der Waals surface area contributed by atoms with Crippen molar-refractivity contribution in [2.75, 3.05) is 18.0 Å². The largest absolute Gasteiger partial charge is 0.444 e. The van der Waals surface area contributed by atoms with Crippen molar-refractivity contribution in [3.8, 4) is 0 Å². The van der Waals surface area contributed by atoms with Gasteiger partial charge in [-0.15, -0.1) is 0 Å². The maximum Gasteiger partial charge on any atom is 0.407 e. The smallest absolute Gasteiger partial charge is 0.407 e. The molecule has 1 aliphatic carbocycles. The summed E-state index contributed by atoms with van der Waals surface area (Å²) in [6.07, 6.45) is 6.43. The molecule has 1 amide bonds. The number of aromatic nitrogens is 1. The van der Waals surface area contributed by atoms with Crippen LogP contribution in [0.25, 0.3) is 10.9 Å². The van der Waals surface area contributed by atoms with E-state index in [1.165, 1.54) is 41.6 Å². The number of benzene rings is 1. The lowest BCUT2D eigenvalue weighted by Gasteiger charge is -2.26. The number of rotatable bonds is 2. The molecule has 2 aliphatic rings. The molecule has 1 aromatic carbocycles. The molecular weight excluding hydrogens is 430 g/mol. The monoisotopic (exact) mass is 459 g/mol. The Morgan fingerprint density at radius 1 is 1.24 bits per heavy atom. The summed E-state index contributed by atoms with van der Waals surface area (Å²) in [5, 5.41) is 4.27. The van der Waals surface area contributed by atoms with Crippen molar-refractivity contribution < 1.29 is 9.53 Å². The van der Waals surface area contributed by atoms with Crippen LogP contribution in [0.15, 0.2) is 22.7 Å². The van der Waals surface area contributed by atoms with E-state index < -0.39 is 5.60 Å². The van der Waals surface area contributed by atoms with Crippen LogP contribution in [0.2, 0.25) is 0 Å². The third-order valence-electron chi connectivity index (χ3n) is 5.67. The number of ether oxygens (including phenoxy) is 1. The van der Waals surface area contributed by atoms with Crippen molar-refractivity contribution in [3.05, 3.63) is 33.9 Å². The molecule has 1 saturated heterocycles. The minimum absolute atomic E-state index is 0.0987. The van der Waals surface area contributed by atoms with E-state index in [-0.39, 0.29) is 12.1 Å². The molecule has 5 nitrogen and oxygen atoms in total. The predicted molar refractivity (Wildman–Crippen MR) is 121 cm³/mol. The quantitative estimate of drug-likeness (QED) is 0.613. The first kappa shape index (κ1) is 20.5. The van der Waals surface area contributed by atoms with E-state index in [0.29, 0.717) is 0 Å². The highest BCUT2D eigenvalue weighted by atomic mass is 79.9. The molecule has 2 aromatic rings. The molecule has 0 radical (unpaired) electrons. The molecule has 1 unspecified atom stereocenters. The van der Waals surface area contributed by atoms with E-state index in [1.54, 1.807) is 0 Å². The highest BCUT2D eigenvalue weighted by Gasteiger charge is 2.30. The van der Waals surface area contributed by atoms with Crippen LogP contribution in [0.5, 0.6) is 0 Å². The summed E-state index contributed by atoms with van der Waals surface area (Å²) in [4.78, 5) is 19.7. The number of pyridine rings is 1. The highest BCUT2D eigenvalue weighted by Crippen LogP contribution is 2.38. The summed E-state index contributed by atoms with van der Waals surface area (Å²) in [7, 11) is 0. The van der Waals surface area contributed by atoms with E-state index in [1.807, 2.05) is 20.8 Å². The van der Waals surface area contributed by atoms with Gasteiger partial charge in [-0.05, 0) is 76.6 Å². The number of aryl methyl sites for hydroxylation is 1. The molecule has 29 heavy (non-hydrogen) atoms. The van der Waals surface area contributed by atoms with Gasteiger partial charge in [0.1, 0.15) is 5.60 Å². The predicted octanol–water partition coefficient (Wildman–Crippen LogP) is 5.37. The summed E-state index contributed by atoms with van der Waals surface area (Å²) in [5.74, 6) is 0. The Balaban J connectivity index is 1.64. The number of hydrogen-bond donors (Lipinski definition) is 1. The lowest BCUT2D eigenvalue weighted by atomic mass is 10.0. The number of alkyl carbamates (subject to hydrolysis) is 1. The molecule has 156 valence electrons. The fourth-order valence-electron chi connectivity index (χ4n) is 4.46. The number of fused-ring (bicyclic) bond motifs is 2. The molecule has 0 bridgehead atoms. The molecule has 1 aromatic heterocycles. The molecule has 0 saturated carbocycles. The van der Waals surface area contributed by atoms with Crippen LogP contribution < -0.4 is 10.2 Å². The van der Waals surface area contributed by atoms with Gasteiger partial charge in [-0.25, -0.2) is 4.79 Å². The zero-order chi connectivity index (χ0) is 20.6. The maximum absolute atomic E-state index is 12.2. The Morgan fingerprint density at radius 2 is 2.03 bits per heavy atom. The van der Waals surface area contributed by atoms with Crippen molar-refractivity contribution in [3.63, 3.8) is 0 Å². The van der Waals surface area contributed by atoms with Gasteiger partial charge in [-0.3, -0.25) is 4.98 Å². The van der Waals surface area contributed by atoms with Crippen molar-refractivity contribution in [1.29, 1.82) is 0 Å². The van der Waals surface area contributed by atoms with Crippen molar-refractivity contribution in [2.24, 2.45) is 0 Å². The third-order valence-corrected chi connectivity index (χ3v) is 6.16. The number of halogens is 1. The van der Waals surface area contributed by atoms with Crippen molar-refractivity contribution in [1.82, 2.24) is 10.3 Å². The molecule has 1 aliphatic heterocycles. The van der Waals surface area contributed by atoms with Crippen molar-refractivity contribution >= 4 is 38.6 Å². The maximum atomic E-state index is 12.2. The Hall–Kier alpha value is -1.82. The number of amides is 1. The number of anilines is 1. The molecule has 1 fully saturated rings. The van der Waals surface area contributed by atoms with E-state index in [0.717, 1.165) is 42.3 Å². The molecule has 2 heterocycles. The van der Waals surface area contributed by atoms with Gasteiger partial charge in [0.25, 0.3) is 0 Å². The molecule has 4 rings (SSSR count). The van der Waals surface area contributed by atoms with Gasteiger partial charge in [0.05, 0.1) is 17.2 Å². The third kappa shape index (κ3) is 4.68. The lowest BCUT2D eigenvalue weighted by Crippen LogP contribution is -2.40. The summed E-state index contributed by atoms with van der Waals surface area (Å²) in [5.41, 5.74) is 4.57. The Labute approximate surface area is 181 Å². The van der Waals surface area contributed by atoms with Gasteiger partial charge >= 0.3 is 6.09 Å². The molecule has 6 heteroatoms. The summed E-state index contributed by atoms with van der Waals surface area (Å²) in [6.45, 7) is 7.41. The van der Waals surface area contributed by atoms with E-state index in [4.69, 9.17) is 9.72 Å². The summed E-state index contributed by atoms with van der Waals surface area (Å²) >= 11 is 3.64. The fraction of sp³-hybridized carbons (Fsp3) is 0.565. The zero-order valence-corrected chi connectivity index (χ0v) is 19.1. The average molecular weight is 460 g/mol. The van der Waals surface area contributed by atoms with Crippen LogP contribution in [-0.2, 0) is 17.6 Å². The van der Waals surface area contributed by atoms with Crippen LogP contribution in [0.4, 0.5) is 10.5 Å². The first-order valence-corrected chi connectivity index (χ1v) is 11.4. The highest BCUT2D eigenvalue weighted by molar-refractivity contribution is 9.10. The molecular formula is C23H30BrN3O2. The first-order chi connectivity index (χ1) is 13.8. The number of nitrogens with one attached hydrogen (secondary N) is 1. The second kappa shape index (κ2) is 8.13. The van der Waals surface area contributed by atoms with E-state index >= 15 is 0 Å². The summed E-state index contributed by atoms with van der Waals surface area (Å²) < 4.78 is 6.52.